The summed E-state index contributed by atoms with van der Waals surface area (Å²) in [7, 11) is 0. The van der Waals surface area contributed by atoms with Crippen molar-refractivity contribution >= 4 is 17.5 Å². The van der Waals surface area contributed by atoms with Gasteiger partial charge in [-0.05, 0) is 43.4 Å². The summed E-state index contributed by atoms with van der Waals surface area (Å²) in [6.07, 6.45) is 4.49. The maximum atomic E-state index is 12.5. The molecule has 1 fully saturated rings. The Hall–Kier alpha value is -2.43. The topological polar surface area (TPSA) is 66.9 Å². The van der Waals surface area contributed by atoms with Crippen molar-refractivity contribution in [2.45, 2.75) is 58.4 Å². The number of amides is 1. The average Bonchev–Trinajstić information content (AvgIpc) is 3.07. The van der Waals surface area contributed by atoms with Gasteiger partial charge in [-0.3, -0.25) is 4.79 Å². The summed E-state index contributed by atoms with van der Waals surface area (Å²) >= 11 is 0. The maximum Gasteiger partial charge on any atom is 0.270 e. The number of carbonyl (C=O) groups excluding carboxylic acids is 1. The van der Waals surface area contributed by atoms with Crippen LogP contribution in [0, 0.1) is 6.92 Å². The lowest BCUT2D eigenvalue weighted by Crippen LogP contribution is -2.33. The molecule has 0 aliphatic heterocycles. The van der Waals surface area contributed by atoms with Crippen molar-refractivity contribution in [3.8, 4) is 0 Å². The van der Waals surface area contributed by atoms with E-state index in [1.165, 1.54) is 18.4 Å². The third-order valence-corrected chi connectivity index (χ3v) is 4.61. The van der Waals surface area contributed by atoms with Gasteiger partial charge in [-0.15, -0.1) is 0 Å². The highest BCUT2D eigenvalue weighted by Crippen LogP contribution is 2.26. The fourth-order valence-electron chi connectivity index (χ4n) is 3.31. The molecule has 1 heterocycles. The van der Waals surface area contributed by atoms with E-state index < -0.39 is 0 Å². The Morgan fingerprint density at radius 1 is 1.16 bits per heavy atom. The molecule has 3 rings (SSSR count). The van der Waals surface area contributed by atoms with Gasteiger partial charge < -0.3 is 10.6 Å². The highest BCUT2D eigenvalue weighted by Gasteiger charge is 2.19. The van der Waals surface area contributed by atoms with Crippen molar-refractivity contribution in [2.24, 2.45) is 0 Å². The summed E-state index contributed by atoms with van der Waals surface area (Å²) < 4.78 is 0. The minimum Gasteiger partial charge on any atom is -0.348 e. The fourth-order valence-corrected chi connectivity index (χ4v) is 3.31. The van der Waals surface area contributed by atoms with E-state index in [0.29, 0.717) is 17.6 Å². The monoisotopic (exact) mass is 338 g/mol. The molecule has 5 nitrogen and oxygen atoms in total. The van der Waals surface area contributed by atoms with Crippen molar-refractivity contribution in [1.82, 2.24) is 15.3 Å². The van der Waals surface area contributed by atoms with E-state index >= 15 is 0 Å². The van der Waals surface area contributed by atoms with Crippen LogP contribution in [0.3, 0.4) is 0 Å². The van der Waals surface area contributed by atoms with Crippen LogP contribution in [0.4, 0.5) is 11.6 Å². The van der Waals surface area contributed by atoms with Crippen LogP contribution in [0.25, 0.3) is 0 Å². The van der Waals surface area contributed by atoms with Gasteiger partial charge in [-0.25, -0.2) is 9.97 Å². The Labute approximate surface area is 149 Å². The van der Waals surface area contributed by atoms with E-state index in [1.54, 1.807) is 6.07 Å². The molecule has 1 aliphatic rings. The zero-order valence-corrected chi connectivity index (χ0v) is 15.2. The van der Waals surface area contributed by atoms with Gasteiger partial charge in [-0.1, -0.05) is 44.9 Å². The van der Waals surface area contributed by atoms with Gasteiger partial charge in [-0.2, -0.15) is 0 Å². The molecule has 1 aliphatic carbocycles. The lowest BCUT2D eigenvalue weighted by molar-refractivity contribution is 0.0932. The Bertz CT molecular complexity index is 751. The van der Waals surface area contributed by atoms with Crippen LogP contribution in [-0.4, -0.2) is 21.9 Å². The first kappa shape index (κ1) is 17.4. The smallest absolute Gasteiger partial charge is 0.270 e. The third-order valence-electron chi connectivity index (χ3n) is 4.61. The van der Waals surface area contributed by atoms with Gasteiger partial charge in [0.2, 0.25) is 5.95 Å². The van der Waals surface area contributed by atoms with E-state index in [9.17, 15) is 4.79 Å². The first-order chi connectivity index (χ1) is 12.0. The third kappa shape index (κ3) is 4.35. The van der Waals surface area contributed by atoms with Crippen LogP contribution < -0.4 is 10.6 Å². The molecule has 0 atom stereocenters. The molecule has 25 heavy (non-hydrogen) atoms. The summed E-state index contributed by atoms with van der Waals surface area (Å²) in [4.78, 5) is 21.4. The van der Waals surface area contributed by atoms with Gasteiger partial charge >= 0.3 is 0 Å². The largest absolute Gasteiger partial charge is 0.348 e. The van der Waals surface area contributed by atoms with E-state index in [1.807, 2.05) is 25.1 Å². The Morgan fingerprint density at radius 3 is 2.60 bits per heavy atom. The van der Waals surface area contributed by atoms with E-state index in [-0.39, 0.29) is 11.9 Å². The maximum absolute atomic E-state index is 12.5. The minimum atomic E-state index is -0.113. The molecule has 1 amide bonds. The average molecular weight is 338 g/mol. The molecule has 5 heteroatoms. The molecule has 0 saturated heterocycles. The Kier molecular flexibility index (Phi) is 5.31. The Balaban J connectivity index is 1.81. The first-order valence-electron chi connectivity index (χ1n) is 9.05. The number of para-hydroxylation sites is 1. The minimum absolute atomic E-state index is 0.113. The van der Waals surface area contributed by atoms with Gasteiger partial charge in [0.25, 0.3) is 5.91 Å². The van der Waals surface area contributed by atoms with Crippen LogP contribution in [-0.2, 0) is 0 Å². The number of nitrogens with zero attached hydrogens (tertiary/aromatic N) is 2. The quantitative estimate of drug-likeness (QED) is 0.852. The second-order valence-corrected chi connectivity index (χ2v) is 7.04. The molecule has 0 bridgehead atoms. The summed E-state index contributed by atoms with van der Waals surface area (Å²) in [5.41, 5.74) is 3.37. The second-order valence-electron chi connectivity index (χ2n) is 7.04. The number of benzene rings is 1. The zero-order valence-electron chi connectivity index (χ0n) is 15.2. The molecular weight excluding hydrogens is 312 g/mol. The molecule has 132 valence electrons. The van der Waals surface area contributed by atoms with Gasteiger partial charge in [0.05, 0.1) is 0 Å². The molecule has 1 saturated carbocycles. The number of hydrogen-bond donors (Lipinski definition) is 2. The predicted octanol–water partition coefficient (Wildman–Crippen LogP) is 4.32. The van der Waals surface area contributed by atoms with Crippen LogP contribution in [0.2, 0.25) is 0 Å². The van der Waals surface area contributed by atoms with Crippen LogP contribution in [0.15, 0.2) is 30.3 Å². The molecule has 2 aromatic rings. The SMILES string of the molecule is Cc1cc(C(=O)NC2CCCC2)nc(Nc2ccccc2C(C)C)n1. The summed E-state index contributed by atoms with van der Waals surface area (Å²) in [5.74, 6) is 0.737. The Morgan fingerprint density at radius 2 is 1.88 bits per heavy atom. The van der Waals surface area contributed by atoms with Crippen molar-refractivity contribution < 1.29 is 4.79 Å². The number of anilines is 2. The first-order valence-corrected chi connectivity index (χ1v) is 9.05. The molecular formula is C20H26N4O. The summed E-state index contributed by atoms with van der Waals surface area (Å²) in [6.45, 7) is 6.18. The summed E-state index contributed by atoms with van der Waals surface area (Å²) in [5, 5.41) is 6.37. The molecule has 0 radical (unpaired) electrons. The second kappa shape index (κ2) is 7.64. The van der Waals surface area contributed by atoms with E-state index in [0.717, 1.165) is 24.2 Å². The van der Waals surface area contributed by atoms with Crippen LogP contribution in [0.1, 0.15) is 67.2 Å². The lowest BCUT2D eigenvalue weighted by atomic mass is 10.0. The van der Waals surface area contributed by atoms with Crippen molar-refractivity contribution in [3.63, 3.8) is 0 Å². The molecule has 0 unspecified atom stereocenters. The van der Waals surface area contributed by atoms with Gasteiger partial charge in [0, 0.05) is 17.4 Å². The summed E-state index contributed by atoms with van der Waals surface area (Å²) in [6, 6.07) is 10.1. The number of hydrogen-bond acceptors (Lipinski definition) is 4. The fraction of sp³-hybridized carbons (Fsp3) is 0.450. The van der Waals surface area contributed by atoms with Crippen LogP contribution >= 0.6 is 0 Å². The number of rotatable bonds is 5. The number of carbonyl (C=O) groups is 1. The highest BCUT2D eigenvalue weighted by atomic mass is 16.1. The van der Waals surface area contributed by atoms with Gasteiger partial charge in [0.1, 0.15) is 5.69 Å². The molecule has 1 aromatic carbocycles. The molecule has 0 spiro atoms. The zero-order chi connectivity index (χ0) is 17.8. The normalized spacial score (nSPS) is 14.7. The van der Waals surface area contributed by atoms with E-state index in [2.05, 4.69) is 40.5 Å². The predicted molar refractivity (Wildman–Crippen MR) is 100 cm³/mol. The highest BCUT2D eigenvalue weighted by molar-refractivity contribution is 5.93. The lowest BCUT2D eigenvalue weighted by Gasteiger charge is -2.15. The number of aromatic nitrogens is 2. The van der Waals surface area contributed by atoms with Crippen molar-refractivity contribution in [3.05, 3.63) is 47.3 Å². The van der Waals surface area contributed by atoms with Crippen molar-refractivity contribution in [2.75, 3.05) is 5.32 Å². The van der Waals surface area contributed by atoms with E-state index in [4.69, 9.17) is 0 Å². The molecule has 2 N–H and O–H groups in total. The molecule has 1 aromatic heterocycles. The standard InChI is InChI=1S/C20H26N4O/c1-13(2)16-10-6-7-11-17(16)23-20-21-14(3)12-18(24-20)19(25)22-15-8-4-5-9-15/h6-7,10-13,15H,4-5,8-9H2,1-3H3,(H,22,25)(H,21,23,24). The number of nitrogens with one attached hydrogen (secondary N) is 2. The number of aryl methyl sites for hydroxylation is 1. The van der Waals surface area contributed by atoms with Gasteiger partial charge in [0.15, 0.2) is 0 Å². The van der Waals surface area contributed by atoms with Crippen molar-refractivity contribution in [1.29, 1.82) is 0 Å². The van der Waals surface area contributed by atoms with Crippen LogP contribution in [0.5, 0.6) is 0 Å².